The maximum Gasteiger partial charge on any atom is 1.00 e. The summed E-state index contributed by atoms with van der Waals surface area (Å²) in [6.07, 6.45) is 13.9. The fourth-order valence-corrected chi connectivity index (χ4v) is 1.94. The lowest BCUT2D eigenvalue weighted by Crippen LogP contribution is -2.15. The lowest BCUT2D eigenvalue weighted by Gasteiger charge is -2.16. The SMILES string of the molecule is C1=CC=C(C2CCCOCC2)NC=C1.[H+]. The van der Waals surface area contributed by atoms with Crippen LogP contribution in [0.5, 0.6) is 0 Å². The zero-order chi connectivity index (χ0) is 9.64. The van der Waals surface area contributed by atoms with Crippen LogP contribution in [0.2, 0.25) is 0 Å². The van der Waals surface area contributed by atoms with Crippen molar-refractivity contribution in [3.05, 3.63) is 36.2 Å². The Kier molecular flexibility index (Phi) is 3.41. The molecule has 1 N–H and O–H groups in total. The molecule has 1 fully saturated rings. The molecule has 0 spiro atoms. The van der Waals surface area contributed by atoms with E-state index in [4.69, 9.17) is 4.74 Å². The molecule has 0 aliphatic carbocycles. The molecule has 2 heterocycles. The second-order valence-electron chi connectivity index (χ2n) is 3.75. The summed E-state index contributed by atoms with van der Waals surface area (Å²) in [4.78, 5) is 0. The topological polar surface area (TPSA) is 21.3 Å². The minimum atomic E-state index is 0. The smallest absolute Gasteiger partial charge is 0.381 e. The minimum absolute atomic E-state index is 0. The molecule has 0 radical (unpaired) electrons. The molecule has 2 aliphatic heterocycles. The van der Waals surface area contributed by atoms with Crippen LogP contribution in [0.25, 0.3) is 0 Å². The van der Waals surface area contributed by atoms with Crippen molar-refractivity contribution in [2.75, 3.05) is 13.2 Å². The molecule has 0 aromatic carbocycles. The van der Waals surface area contributed by atoms with E-state index in [1.807, 2.05) is 18.4 Å². The molecule has 1 unspecified atom stereocenters. The first-order valence-electron chi connectivity index (χ1n) is 5.34. The molecule has 1 saturated heterocycles. The van der Waals surface area contributed by atoms with Crippen molar-refractivity contribution in [2.24, 2.45) is 5.92 Å². The molecule has 2 nitrogen and oxygen atoms in total. The number of allylic oxidation sites excluding steroid dienone is 5. The van der Waals surface area contributed by atoms with Crippen LogP contribution in [0.3, 0.4) is 0 Å². The first kappa shape index (κ1) is 9.53. The molecule has 76 valence electrons. The second kappa shape index (κ2) is 5.01. The van der Waals surface area contributed by atoms with E-state index in [-0.39, 0.29) is 1.43 Å². The van der Waals surface area contributed by atoms with Gasteiger partial charge in [0.05, 0.1) is 0 Å². The molecule has 0 aromatic heterocycles. The van der Waals surface area contributed by atoms with Gasteiger partial charge in [-0.3, -0.25) is 0 Å². The van der Waals surface area contributed by atoms with Crippen LogP contribution in [0, 0.1) is 5.92 Å². The number of hydrogen-bond donors (Lipinski definition) is 1. The standard InChI is InChI=1S/C12H17NO/c1-2-6-12(13-8-3-1)11-5-4-9-14-10-7-11/h1-3,6,8,11,13H,4-5,7,9-10H2/p+1. The third kappa shape index (κ3) is 2.48. The van der Waals surface area contributed by atoms with Crippen LogP contribution in [0.15, 0.2) is 36.2 Å². The van der Waals surface area contributed by atoms with E-state index < -0.39 is 0 Å². The van der Waals surface area contributed by atoms with Crippen molar-refractivity contribution in [1.29, 1.82) is 0 Å². The maximum absolute atomic E-state index is 5.46. The maximum atomic E-state index is 5.46. The molecule has 14 heavy (non-hydrogen) atoms. The summed E-state index contributed by atoms with van der Waals surface area (Å²) in [6.45, 7) is 1.83. The Hall–Kier alpha value is -1.02. The van der Waals surface area contributed by atoms with E-state index in [0.717, 1.165) is 19.6 Å². The highest BCUT2D eigenvalue weighted by molar-refractivity contribution is 5.22. The molecule has 0 bridgehead atoms. The normalized spacial score (nSPS) is 27.4. The van der Waals surface area contributed by atoms with Gasteiger partial charge in [-0.2, -0.15) is 0 Å². The average Bonchev–Trinajstić information content (AvgIpc) is 2.62. The monoisotopic (exact) mass is 192 g/mol. The third-order valence-corrected chi connectivity index (χ3v) is 2.74. The van der Waals surface area contributed by atoms with Gasteiger partial charge in [0.25, 0.3) is 0 Å². The minimum Gasteiger partial charge on any atom is -0.381 e. The van der Waals surface area contributed by atoms with Gasteiger partial charge in [-0.1, -0.05) is 12.2 Å². The lowest BCUT2D eigenvalue weighted by molar-refractivity contribution is 0.142. The van der Waals surface area contributed by atoms with Crippen molar-refractivity contribution in [3.63, 3.8) is 0 Å². The third-order valence-electron chi connectivity index (χ3n) is 2.74. The largest absolute Gasteiger partial charge is 1.00 e. The lowest BCUT2D eigenvalue weighted by atomic mass is 9.96. The first-order chi connectivity index (χ1) is 6.97. The molecule has 0 saturated carbocycles. The van der Waals surface area contributed by atoms with E-state index in [2.05, 4.69) is 17.5 Å². The number of hydrogen-bond acceptors (Lipinski definition) is 2. The van der Waals surface area contributed by atoms with Crippen molar-refractivity contribution >= 4 is 0 Å². The van der Waals surface area contributed by atoms with Gasteiger partial charge in [-0.15, -0.1) is 0 Å². The van der Waals surface area contributed by atoms with Gasteiger partial charge in [0.15, 0.2) is 0 Å². The Balaban J connectivity index is 0.00000112. The summed E-state index contributed by atoms with van der Waals surface area (Å²) in [5.74, 6) is 0.643. The van der Waals surface area contributed by atoms with Gasteiger partial charge in [0.2, 0.25) is 0 Å². The number of rotatable bonds is 1. The van der Waals surface area contributed by atoms with Gasteiger partial charge >= 0.3 is 1.43 Å². The van der Waals surface area contributed by atoms with Gasteiger partial charge < -0.3 is 10.1 Å². The van der Waals surface area contributed by atoms with Crippen molar-refractivity contribution < 1.29 is 6.16 Å². The summed E-state index contributed by atoms with van der Waals surface area (Å²) in [7, 11) is 0. The predicted molar refractivity (Wildman–Crippen MR) is 58.8 cm³/mol. The highest BCUT2D eigenvalue weighted by atomic mass is 16.5. The van der Waals surface area contributed by atoms with Crippen LogP contribution < -0.4 is 5.32 Å². The van der Waals surface area contributed by atoms with Gasteiger partial charge in [0, 0.05) is 31.0 Å². The summed E-state index contributed by atoms with van der Waals surface area (Å²) in [5, 5.41) is 3.34. The molecule has 0 aromatic rings. The molecular weight excluding hydrogens is 174 g/mol. The zero-order valence-corrected chi connectivity index (χ0v) is 8.41. The van der Waals surface area contributed by atoms with Crippen LogP contribution >= 0.6 is 0 Å². The van der Waals surface area contributed by atoms with Gasteiger partial charge in [0.1, 0.15) is 0 Å². The summed E-state index contributed by atoms with van der Waals surface area (Å²) in [5.41, 5.74) is 1.33. The molecule has 2 rings (SSSR count). The first-order valence-corrected chi connectivity index (χ1v) is 5.34. The Bertz CT molecular complexity index is 263. The van der Waals surface area contributed by atoms with Crippen LogP contribution in [-0.4, -0.2) is 13.2 Å². The average molecular weight is 192 g/mol. The van der Waals surface area contributed by atoms with Gasteiger partial charge in [-0.05, 0) is 31.4 Å². The Morgan fingerprint density at radius 1 is 1.21 bits per heavy atom. The summed E-state index contributed by atoms with van der Waals surface area (Å²) < 4.78 is 5.46. The van der Waals surface area contributed by atoms with Crippen LogP contribution in [-0.2, 0) is 4.74 Å². The molecule has 1 atom stereocenters. The molecule has 0 amide bonds. The quantitative estimate of drug-likeness (QED) is 0.689. The molecular formula is C12H18NO+. The van der Waals surface area contributed by atoms with E-state index in [1.165, 1.54) is 18.5 Å². The fraction of sp³-hybridized carbons (Fsp3) is 0.500. The second-order valence-corrected chi connectivity index (χ2v) is 3.75. The van der Waals surface area contributed by atoms with E-state index in [9.17, 15) is 0 Å². The molecule has 2 aliphatic rings. The van der Waals surface area contributed by atoms with Crippen molar-refractivity contribution in [1.82, 2.24) is 5.32 Å². The Morgan fingerprint density at radius 2 is 2.21 bits per heavy atom. The highest BCUT2D eigenvalue weighted by Crippen LogP contribution is 2.22. The van der Waals surface area contributed by atoms with E-state index in [0.29, 0.717) is 5.92 Å². The van der Waals surface area contributed by atoms with Crippen molar-refractivity contribution in [2.45, 2.75) is 19.3 Å². The predicted octanol–water partition coefficient (Wildman–Crippen LogP) is 2.47. The Morgan fingerprint density at radius 3 is 3.21 bits per heavy atom. The van der Waals surface area contributed by atoms with Crippen LogP contribution in [0.1, 0.15) is 20.7 Å². The summed E-state index contributed by atoms with van der Waals surface area (Å²) >= 11 is 0. The Labute approximate surface area is 86.8 Å². The fourth-order valence-electron chi connectivity index (χ4n) is 1.94. The molecule has 2 heteroatoms. The van der Waals surface area contributed by atoms with E-state index in [1.54, 1.807) is 0 Å². The summed E-state index contributed by atoms with van der Waals surface area (Å²) in [6, 6.07) is 0. The van der Waals surface area contributed by atoms with Crippen molar-refractivity contribution in [3.8, 4) is 0 Å². The zero-order valence-electron chi connectivity index (χ0n) is 9.41. The number of ether oxygens (including phenoxy) is 1. The highest BCUT2D eigenvalue weighted by Gasteiger charge is 2.15. The van der Waals surface area contributed by atoms with Crippen LogP contribution in [0.4, 0.5) is 0 Å². The van der Waals surface area contributed by atoms with Gasteiger partial charge in [-0.25, -0.2) is 0 Å². The van der Waals surface area contributed by atoms with E-state index >= 15 is 0 Å². The number of nitrogens with one attached hydrogen (secondary N) is 1.